The molecule has 20 heavy (non-hydrogen) atoms. The zero-order valence-electron chi connectivity index (χ0n) is 12.2. The maximum absolute atomic E-state index is 13.6. The first-order valence-electron chi connectivity index (χ1n) is 6.55. The van der Waals surface area contributed by atoms with Crippen LogP contribution in [0.3, 0.4) is 0 Å². The van der Waals surface area contributed by atoms with Crippen molar-refractivity contribution in [2.45, 2.75) is 26.8 Å². The Hall–Kier alpha value is -2.17. The zero-order valence-corrected chi connectivity index (χ0v) is 12.2. The van der Waals surface area contributed by atoms with Gasteiger partial charge < -0.3 is 10.6 Å². The Morgan fingerprint density at radius 3 is 2.45 bits per heavy atom. The molecule has 0 radical (unpaired) electrons. The Morgan fingerprint density at radius 1 is 1.10 bits per heavy atom. The van der Waals surface area contributed by atoms with E-state index in [4.69, 9.17) is 0 Å². The fourth-order valence-electron chi connectivity index (χ4n) is 1.95. The molecule has 2 N–H and O–H groups in total. The van der Waals surface area contributed by atoms with E-state index in [2.05, 4.69) is 20.6 Å². The van der Waals surface area contributed by atoms with Crippen molar-refractivity contribution in [2.75, 3.05) is 17.7 Å². The lowest BCUT2D eigenvalue weighted by Gasteiger charge is -2.16. The molecule has 0 aliphatic heterocycles. The number of halogens is 1. The van der Waals surface area contributed by atoms with Crippen molar-refractivity contribution in [3.63, 3.8) is 0 Å². The summed E-state index contributed by atoms with van der Waals surface area (Å²) in [6.07, 6.45) is 0. The molecule has 0 spiro atoms. The van der Waals surface area contributed by atoms with E-state index in [1.165, 1.54) is 0 Å². The third kappa shape index (κ3) is 3.23. The number of anilines is 2. The first kappa shape index (κ1) is 14.2. The van der Waals surface area contributed by atoms with E-state index in [1.54, 1.807) is 19.1 Å². The number of benzene rings is 1. The molecule has 0 saturated carbocycles. The Labute approximate surface area is 118 Å². The van der Waals surface area contributed by atoms with Crippen LogP contribution in [0.5, 0.6) is 0 Å². The fourth-order valence-corrected chi connectivity index (χ4v) is 1.95. The van der Waals surface area contributed by atoms with Gasteiger partial charge in [0.05, 0.1) is 6.04 Å². The second-order valence-corrected chi connectivity index (χ2v) is 4.81. The van der Waals surface area contributed by atoms with Gasteiger partial charge in [-0.25, -0.2) is 14.4 Å². The third-order valence-electron chi connectivity index (χ3n) is 3.15. The molecule has 5 heteroatoms. The molecule has 1 heterocycles. The minimum atomic E-state index is -0.189. The molecule has 1 unspecified atom stereocenters. The largest absolute Gasteiger partial charge is 0.373 e. The van der Waals surface area contributed by atoms with Gasteiger partial charge >= 0.3 is 0 Å². The van der Waals surface area contributed by atoms with Crippen molar-refractivity contribution in [1.29, 1.82) is 0 Å². The zero-order chi connectivity index (χ0) is 14.7. The van der Waals surface area contributed by atoms with E-state index in [-0.39, 0.29) is 11.9 Å². The molecule has 0 amide bonds. The molecule has 1 atom stereocenters. The minimum absolute atomic E-state index is 0.0379. The number of aromatic nitrogens is 2. The van der Waals surface area contributed by atoms with Gasteiger partial charge in [-0.1, -0.05) is 12.1 Å². The Bertz CT molecular complexity index is 613. The molecular formula is C15H19FN4. The van der Waals surface area contributed by atoms with Crippen molar-refractivity contribution >= 4 is 11.6 Å². The molecule has 2 aromatic rings. The van der Waals surface area contributed by atoms with Crippen LogP contribution in [0.2, 0.25) is 0 Å². The number of rotatable bonds is 4. The third-order valence-corrected chi connectivity index (χ3v) is 3.15. The van der Waals surface area contributed by atoms with Crippen LogP contribution in [0.15, 0.2) is 24.3 Å². The normalized spacial score (nSPS) is 12.1. The van der Waals surface area contributed by atoms with Gasteiger partial charge in [0.15, 0.2) is 0 Å². The Balaban J connectivity index is 2.20. The SMILES string of the molecule is CNc1cc(NC(C)c2ccc(C)c(F)c2)nc(C)n1. The second-order valence-electron chi connectivity index (χ2n) is 4.81. The summed E-state index contributed by atoms with van der Waals surface area (Å²) in [5, 5.41) is 6.25. The highest BCUT2D eigenvalue weighted by atomic mass is 19.1. The molecule has 1 aromatic carbocycles. The van der Waals surface area contributed by atoms with Crippen molar-refractivity contribution in [3.05, 3.63) is 47.0 Å². The van der Waals surface area contributed by atoms with Crippen LogP contribution in [-0.4, -0.2) is 17.0 Å². The molecule has 0 aliphatic carbocycles. The van der Waals surface area contributed by atoms with E-state index >= 15 is 0 Å². The molecule has 0 aliphatic rings. The Kier molecular flexibility index (Phi) is 4.17. The Morgan fingerprint density at radius 2 is 1.80 bits per heavy atom. The first-order valence-corrected chi connectivity index (χ1v) is 6.55. The lowest BCUT2D eigenvalue weighted by Crippen LogP contribution is -2.10. The number of nitrogens with one attached hydrogen (secondary N) is 2. The summed E-state index contributed by atoms with van der Waals surface area (Å²) in [5.74, 6) is 1.96. The van der Waals surface area contributed by atoms with Gasteiger partial charge in [0.2, 0.25) is 0 Å². The van der Waals surface area contributed by atoms with E-state index in [0.717, 1.165) is 17.2 Å². The molecule has 0 fully saturated rings. The van der Waals surface area contributed by atoms with Gasteiger partial charge in [-0.05, 0) is 38.0 Å². The van der Waals surface area contributed by atoms with E-state index in [9.17, 15) is 4.39 Å². The summed E-state index contributed by atoms with van der Waals surface area (Å²) < 4.78 is 13.6. The molecule has 0 saturated heterocycles. The minimum Gasteiger partial charge on any atom is -0.373 e. The van der Waals surface area contributed by atoms with E-state index < -0.39 is 0 Å². The molecule has 1 aromatic heterocycles. The number of aryl methyl sites for hydroxylation is 2. The van der Waals surface area contributed by atoms with Crippen molar-refractivity contribution in [3.8, 4) is 0 Å². The summed E-state index contributed by atoms with van der Waals surface area (Å²) in [4.78, 5) is 8.57. The standard InChI is InChI=1S/C15H19FN4/c1-9-5-6-12(7-13(9)16)10(2)18-15-8-14(17-4)19-11(3)20-15/h5-8,10H,1-4H3,(H2,17,18,19,20). The summed E-state index contributed by atoms with van der Waals surface area (Å²) in [5.41, 5.74) is 1.53. The van der Waals surface area contributed by atoms with Gasteiger partial charge in [-0.3, -0.25) is 0 Å². The van der Waals surface area contributed by atoms with E-state index in [1.807, 2.05) is 33.0 Å². The van der Waals surface area contributed by atoms with Gasteiger partial charge in [-0.15, -0.1) is 0 Å². The van der Waals surface area contributed by atoms with Crippen molar-refractivity contribution in [1.82, 2.24) is 9.97 Å². The summed E-state index contributed by atoms with van der Waals surface area (Å²) in [7, 11) is 1.81. The number of hydrogen-bond acceptors (Lipinski definition) is 4. The quantitative estimate of drug-likeness (QED) is 0.896. The van der Waals surface area contributed by atoms with Crippen LogP contribution < -0.4 is 10.6 Å². The molecular weight excluding hydrogens is 255 g/mol. The summed E-state index contributed by atoms with van der Waals surface area (Å²) in [6.45, 7) is 5.56. The fraction of sp³-hybridized carbons (Fsp3) is 0.333. The van der Waals surface area contributed by atoms with Gasteiger partial charge in [0, 0.05) is 13.1 Å². The predicted molar refractivity (Wildman–Crippen MR) is 79.5 cm³/mol. The molecule has 0 bridgehead atoms. The van der Waals surface area contributed by atoms with Crippen LogP contribution in [0.25, 0.3) is 0 Å². The average Bonchev–Trinajstić information content (AvgIpc) is 2.41. The topological polar surface area (TPSA) is 49.8 Å². The van der Waals surface area contributed by atoms with Crippen LogP contribution in [0.1, 0.15) is 29.9 Å². The predicted octanol–water partition coefficient (Wildman–Crippen LogP) is 3.45. The number of nitrogens with zero attached hydrogens (tertiary/aromatic N) is 2. The molecule has 106 valence electrons. The lowest BCUT2D eigenvalue weighted by atomic mass is 10.1. The number of hydrogen-bond donors (Lipinski definition) is 2. The summed E-state index contributed by atoms with van der Waals surface area (Å²) >= 11 is 0. The van der Waals surface area contributed by atoms with Crippen LogP contribution >= 0.6 is 0 Å². The highest BCUT2D eigenvalue weighted by Crippen LogP contribution is 2.21. The average molecular weight is 274 g/mol. The van der Waals surface area contributed by atoms with E-state index in [0.29, 0.717) is 11.4 Å². The van der Waals surface area contributed by atoms with Crippen LogP contribution in [0.4, 0.5) is 16.0 Å². The maximum Gasteiger partial charge on any atom is 0.132 e. The second kappa shape index (κ2) is 5.86. The highest BCUT2D eigenvalue weighted by Gasteiger charge is 2.09. The van der Waals surface area contributed by atoms with Crippen molar-refractivity contribution < 1.29 is 4.39 Å². The molecule has 2 rings (SSSR count). The smallest absolute Gasteiger partial charge is 0.132 e. The lowest BCUT2D eigenvalue weighted by molar-refractivity contribution is 0.614. The first-order chi connectivity index (χ1) is 9.49. The van der Waals surface area contributed by atoms with Crippen molar-refractivity contribution in [2.24, 2.45) is 0 Å². The maximum atomic E-state index is 13.6. The van der Waals surface area contributed by atoms with Gasteiger partial charge in [-0.2, -0.15) is 0 Å². The molecule has 4 nitrogen and oxygen atoms in total. The monoisotopic (exact) mass is 274 g/mol. The van der Waals surface area contributed by atoms with Gasteiger partial charge in [0.1, 0.15) is 23.3 Å². The van der Waals surface area contributed by atoms with Crippen LogP contribution in [0, 0.1) is 19.7 Å². The highest BCUT2D eigenvalue weighted by molar-refractivity contribution is 5.48. The van der Waals surface area contributed by atoms with Crippen LogP contribution in [-0.2, 0) is 0 Å². The van der Waals surface area contributed by atoms with Gasteiger partial charge in [0.25, 0.3) is 0 Å². The summed E-state index contributed by atoms with van der Waals surface area (Å²) in [6, 6.07) is 7.05.